The number of aromatic amines is 1. The molecule has 1 heterocycles. The number of nitriles is 1. The van der Waals surface area contributed by atoms with E-state index in [1.807, 2.05) is 26.0 Å². The van der Waals surface area contributed by atoms with E-state index >= 15 is 0 Å². The molecule has 0 aliphatic rings. The first kappa shape index (κ1) is 13.8. The maximum Gasteiger partial charge on any atom is 0.258 e. The number of H-pyrrole nitrogens is 1. The van der Waals surface area contributed by atoms with Crippen LogP contribution in [-0.4, -0.2) is 9.97 Å². The summed E-state index contributed by atoms with van der Waals surface area (Å²) >= 11 is 0. The standard InChI is InChI=1S/C17H13N3O2/c1-10-3-4-11(2)16(14(10)8-18)22-12-5-6-15-13(7-12)17(21)20-9-19-15/h3-7,9H,1-2H3,(H,19,20,21). The summed E-state index contributed by atoms with van der Waals surface area (Å²) in [5.74, 6) is 1.01. The second-order valence-electron chi connectivity index (χ2n) is 5.03. The Balaban J connectivity index is 2.12. The fourth-order valence-corrected chi connectivity index (χ4v) is 2.28. The minimum atomic E-state index is -0.225. The summed E-state index contributed by atoms with van der Waals surface area (Å²) in [5, 5.41) is 9.77. The molecule has 0 amide bonds. The number of nitrogens with zero attached hydrogens (tertiary/aromatic N) is 2. The Morgan fingerprint density at radius 3 is 2.73 bits per heavy atom. The lowest BCUT2D eigenvalue weighted by Gasteiger charge is -2.12. The number of aromatic nitrogens is 2. The van der Waals surface area contributed by atoms with Crippen LogP contribution in [0.5, 0.6) is 11.5 Å². The van der Waals surface area contributed by atoms with Gasteiger partial charge in [0.15, 0.2) is 0 Å². The fourth-order valence-electron chi connectivity index (χ4n) is 2.28. The van der Waals surface area contributed by atoms with E-state index in [2.05, 4.69) is 16.0 Å². The summed E-state index contributed by atoms with van der Waals surface area (Å²) in [4.78, 5) is 18.5. The van der Waals surface area contributed by atoms with Crippen LogP contribution in [0.25, 0.3) is 10.9 Å². The monoisotopic (exact) mass is 291 g/mol. The average Bonchev–Trinajstić information content (AvgIpc) is 2.52. The molecule has 5 heteroatoms. The molecule has 3 aromatic rings. The van der Waals surface area contributed by atoms with Gasteiger partial charge in [-0.1, -0.05) is 12.1 Å². The third-order valence-electron chi connectivity index (χ3n) is 3.51. The number of nitrogens with one attached hydrogen (secondary N) is 1. The lowest BCUT2D eigenvalue weighted by atomic mass is 10.0. The summed E-state index contributed by atoms with van der Waals surface area (Å²) in [6.07, 6.45) is 1.36. The first-order valence-electron chi connectivity index (χ1n) is 6.76. The van der Waals surface area contributed by atoms with E-state index in [-0.39, 0.29) is 5.56 Å². The largest absolute Gasteiger partial charge is 0.456 e. The van der Waals surface area contributed by atoms with Crippen molar-refractivity contribution in [2.75, 3.05) is 0 Å². The SMILES string of the molecule is Cc1ccc(C)c(Oc2ccc3nc[nH]c(=O)c3c2)c1C#N. The van der Waals surface area contributed by atoms with Crippen molar-refractivity contribution in [2.45, 2.75) is 13.8 Å². The van der Waals surface area contributed by atoms with Crippen LogP contribution in [0.1, 0.15) is 16.7 Å². The Hall–Kier alpha value is -3.13. The maximum absolute atomic E-state index is 11.8. The molecular weight excluding hydrogens is 278 g/mol. The molecule has 0 aliphatic heterocycles. The van der Waals surface area contributed by atoms with E-state index in [0.29, 0.717) is 28.0 Å². The summed E-state index contributed by atoms with van der Waals surface area (Å²) in [5.41, 5.74) is 2.58. The van der Waals surface area contributed by atoms with Crippen molar-refractivity contribution in [2.24, 2.45) is 0 Å². The van der Waals surface area contributed by atoms with Crippen LogP contribution in [0.15, 0.2) is 41.5 Å². The number of hydrogen-bond donors (Lipinski definition) is 1. The van der Waals surface area contributed by atoms with Gasteiger partial charge in [0.25, 0.3) is 5.56 Å². The van der Waals surface area contributed by atoms with Gasteiger partial charge in [-0.3, -0.25) is 4.79 Å². The van der Waals surface area contributed by atoms with Crippen molar-refractivity contribution >= 4 is 10.9 Å². The van der Waals surface area contributed by atoms with E-state index < -0.39 is 0 Å². The van der Waals surface area contributed by atoms with E-state index in [1.54, 1.807) is 18.2 Å². The predicted octanol–water partition coefficient (Wildman–Crippen LogP) is 3.20. The Morgan fingerprint density at radius 1 is 1.18 bits per heavy atom. The zero-order valence-electron chi connectivity index (χ0n) is 12.2. The van der Waals surface area contributed by atoms with Gasteiger partial charge < -0.3 is 9.72 Å². The fraction of sp³-hybridized carbons (Fsp3) is 0.118. The summed E-state index contributed by atoms with van der Waals surface area (Å²) in [6.45, 7) is 3.74. The van der Waals surface area contributed by atoms with Crippen LogP contribution in [0.4, 0.5) is 0 Å². The first-order chi connectivity index (χ1) is 10.6. The minimum absolute atomic E-state index is 0.225. The molecular formula is C17H13N3O2. The number of rotatable bonds is 2. The Morgan fingerprint density at radius 2 is 1.95 bits per heavy atom. The smallest absolute Gasteiger partial charge is 0.258 e. The molecule has 0 aliphatic carbocycles. The number of aryl methyl sites for hydroxylation is 2. The number of benzene rings is 2. The molecule has 108 valence electrons. The van der Waals surface area contributed by atoms with Gasteiger partial charge in [0, 0.05) is 0 Å². The predicted molar refractivity (Wildman–Crippen MR) is 83.1 cm³/mol. The Kier molecular flexibility index (Phi) is 3.36. The van der Waals surface area contributed by atoms with Crippen LogP contribution in [-0.2, 0) is 0 Å². The first-order valence-corrected chi connectivity index (χ1v) is 6.76. The highest BCUT2D eigenvalue weighted by molar-refractivity contribution is 5.79. The quantitative estimate of drug-likeness (QED) is 0.786. The minimum Gasteiger partial charge on any atom is -0.456 e. The molecule has 0 fully saturated rings. The molecule has 0 saturated carbocycles. The Labute approximate surface area is 126 Å². The molecule has 22 heavy (non-hydrogen) atoms. The van der Waals surface area contributed by atoms with Crippen molar-refractivity contribution in [3.63, 3.8) is 0 Å². The van der Waals surface area contributed by atoms with Gasteiger partial charge in [0.1, 0.15) is 17.6 Å². The molecule has 5 nitrogen and oxygen atoms in total. The second-order valence-corrected chi connectivity index (χ2v) is 5.03. The Bertz CT molecular complexity index is 968. The highest BCUT2D eigenvalue weighted by Gasteiger charge is 2.12. The lowest BCUT2D eigenvalue weighted by molar-refractivity contribution is 0.477. The van der Waals surface area contributed by atoms with Crippen LogP contribution < -0.4 is 10.3 Å². The van der Waals surface area contributed by atoms with Gasteiger partial charge >= 0.3 is 0 Å². The van der Waals surface area contributed by atoms with Gasteiger partial charge in [-0.05, 0) is 43.2 Å². The third-order valence-corrected chi connectivity index (χ3v) is 3.51. The molecule has 0 atom stereocenters. The molecule has 0 saturated heterocycles. The zero-order chi connectivity index (χ0) is 15.7. The van der Waals surface area contributed by atoms with Crippen LogP contribution in [0.2, 0.25) is 0 Å². The lowest BCUT2D eigenvalue weighted by Crippen LogP contribution is -2.06. The second kappa shape index (κ2) is 5.34. The molecule has 0 bridgehead atoms. The molecule has 0 unspecified atom stereocenters. The summed E-state index contributed by atoms with van der Waals surface area (Å²) in [6, 6.07) is 11.0. The van der Waals surface area contributed by atoms with Crippen LogP contribution in [0.3, 0.4) is 0 Å². The van der Waals surface area contributed by atoms with Crippen molar-refractivity contribution in [1.29, 1.82) is 5.26 Å². The summed E-state index contributed by atoms with van der Waals surface area (Å²) < 4.78 is 5.87. The highest BCUT2D eigenvalue weighted by Crippen LogP contribution is 2.31. The van der Waals surface area contributed by atoms with E-state index in [4.69, 9.17) is 4.74 Å². The van der Waals surface area contributed by atoms with Gasteiger partial charge in [-0.2, -0.15) is 5.26 Å². The van der Waals surface area contributed by atoms with Crippen molar-refractivity contribution in [3.05, 3.63) is 63.7 Å². The van der Waals surface area contributed by atoms with Crippen LogP contribution >= 0.6 is 0 Å². The number of fused-ring (bicyclic) bond motifs is 1. The van der Waals surface area contributed by atoms with Gasteiger partial charge in [0.05, 0.1) is 22.8 Å². The van der Waals surface area contributed by atoms with E-state index in [0.717, 1.165) is 11.1 Å². The topological polar surface area (TPSA) is 78.8 Å². The van der Waals surface area contributed by atoms with Gasteiger partial charge in [-0.25, -0.2) is 4.98 Å². The van der Waals surface area contributed by atoms with Crippen molar-refractivity contribution < 1.29 is 4.74 Å². The van der Waals surface area contributed by atoms with E-state index in [9.17, 15) is 10.1 Å². The van der Waals surface area contributed by atoms with Crippen LogP contribution in [0, 0.1) is 25.2 Å². The molecule has 2 aromatic carbocycles. The number of ether oxygens (including phenoxy) is 1. The zero-order valence-corrected chi connectivity index (χ0v) is 12.2. The van der Waals surface area contributed by atoms with Crippen molar-refractivity contribution in [3.8, 4) is 17.6 Å². The molecule has 0 spiro atoms. The van der Waals surface area contributed by atoms with Gasteiger partial charge in [-0.15, -0.1) is 0 Å². The maximum atomic E-state index is 11.8. The molecule has 3 rings (SSSR count). The highest BCUT2D eigenvalue weighted by atomic mass is 16.5. The number of hydrogen-bond acceptors (Lipinski definition) is 4. The van der Waals surface area contributed by atoms with Gasteiger partial charge in [0.2, 0.25) is 0 Å². The molecule has 1 aromatic heterocycles. The van der Waals surface area contributed by atoms with E-state index in [1.165, 1.54) is 6.33 Å². The molecule has 1 N–H and O–H groups in total. The molecule has 0 radical (unpaired) electrons. The normalized spacial score (nSPS) is 10.4. The average molecular weight is 291 g/mol. The summed E-state index contributed by atoms with van der Waals surface area (Å²) in [7, 11) is 0. The van der Waals surface area contributed by atoms with Crippen molar-refractivity contribution in [1.82, 2.24) is 9.97 Å². The third kappa shape index (κ3) is 2.31.